The van der Waals surface area contributed by atoms with Crippen LogP contribution in [0.5, 0.6) is 11.8 Å². The lowest BCUT2D eigenvalue weighted by Gasteiger charge is -2.41. The van der Waals surface area contributed by atoms with E-state index in [4.69, 9.17) is 28.4 Å². The summed E-state index contributed by atoms with van der Waals surface area (Å²) in [4.78, 5) is 27.4. The highest BCUT2D eigenvalue weighted by atomic mass is 31.1. The van der Waals surface area contributed by atoms with Gasteiger partial charge in [-0.15, -0.1) is 0 Å². The number of rotatable bonds is 18. The Morgan fingerprint density at radius 3 is 1.87 bits per heavy atom. The quantitative estimate of drug-likeness (QED) is 0.115. The number of likely N-dealkylation sites (N-methyl/N-ethyl adjacent to an activating group) is 1. The van der Waals surface area contributed by atoms with E-state index in [1.165, 1.54) is 12.7 Å². The monoisotopic (exact) mass is 763 g/mol. The molecule has 2 N–H and O–H groups in total. The highest BCUT2D eigenvalue weighted by Gasteiger charge is 2.52. The van der Waals surface area contributed by atoms with Gasteiger partial charge in [0.05, 0.1) is 38.1 Å². The molecular weight excluding hydrogens is 709 g/mol. The molecule has 2 aliphatic carbocycles. The van der Waals surface area contributed by atoms with Crippen molar-refractivity contribution in [2.75, 3.05) is 26.3 Å². The molecule has 2 saturated carbocycles. The van der Waals surface area contributed by atoms with Gasteiger partial charge in [-0.05, 0) is 44.0 Å². The van der Waals surface area contributed by atoms with Crippen molar-refractivity contribution in [3.05, 3.63) is 109 Å². The van der Waals surface area contributed by atoms with Gasteiger partial charge in [-0.25, -0.2) is 19.9 Å². The zero-order valence-electron chi connectivity index (χ0n) is 31.4. The summed E-state index contributed by atoms with van der Waals surface area (Å²) in [5.41, 5.74) is 1.35. The summed E-state index contributed by atoms with van der Waals surface area (Å²) in [5.74, 6) is 1.03. The molecule has 13 nitrogen and oxygen atoms in total. The Labute approximate surface area is 319 Å². The minimum atomic E-state index is -3.01. The Hall–Kier alpha value is -3.81. The lowest BCUT2D eigenvalue weighted by Crippen LogP contribution is -2.54. The van der Waals surface area contributed by atoms with Crippen LogP contribution in [0.2, 0.25) is 0 Å². The molecule has 0 saturated heterocycles. The van der Waals surface area contributed by atoms with E-state index in [-0.39, 0.29) is 36.2 Å². The third-order valence-corrected chi connectivity index (χ3v) is 10.8. The van der Waals surface area contributed by atoms with Crippen molar-refractivity contribution in [2.24, 2.45) is 11.8 Å². The molecule has 0 amide bonds. The molecule has 2 unspecified atom stereocenters. The second-order valence-electron chi connectivity index (χ2n) is 13.8. The van der Waals surface area contributed by atoms with Gasteiger partial charge < -0.3 is 33.5 Å². The lowest BCUT2D eigenvalue weighted by atomic mass is 9.84. The van der Waals surface area contributed by atoms with Crippen LogP contribution in [0.25, 0.3) is 0 Å². The molecule has 0 radical (unpaired) electrons. The average Bonchev–Trinajstić information content (AvgIpc) is 3.72. The number of hydrogen-bond donors (Lipinski definition) is 2. The minimum absolute atomic E-state index is 0.00310. The Morgan fingerprint density at radius 1 is 0.796 bits per heavy atom. The van der Waals surface area contributed by atoms with Crippen molar-refractivity contribution in [2.45, 2.75) is 89.6 Å². The van der Waals surface area contributed by atoms with Gasteiger partial charge in [0, 0.05) is 55.2 Å². The summed E-state index contributed by atoms with van der Waals surface area (Å²) in [6.07, 6.45) is 8.10. The zero-order chi connectivity index (χ0) is 38.2. The fraction of sp³-hybridized carbons (Fsp3) is 0.500. The normalized spacial score (nSPS) is 24.7. The smallest absolute Gasteiger partial charge is 0.316 e. The first-order chi connectivity index (χ1) is 26.3. The molecule has 8 atom stereocenters. The van der Waals surface area contributed by atoms with Crippen molar-refractivity contribution in [1.29, 1.82) is 0 Å². The fourth-order valence-electron chi connectivity index (χ4n) is 7.45. The molecular formula is C40H54N5O8P. The maximum atomic E-state index is 11.8. The second-order valence-corrected chi connectivity index (χ2v) is 14.5. The SMILES string of the molecule is CCN(CC)C(C)[C@]1(O)C[C@H](Oc2ccncn2)C[C@@H]1COCc1ccccc1.O=[PH](O)O[C@H]1C[C@H](Oc2ccncn2)C[C@@H]1COCc1ccccc1. The second kappa shape index (κ2) is 21.3. The van der Waals surface area contributed by atoms with E-state index in [9.17, 15) is 9.67 Å². The van der Waals surface area contributed by atoms with Crippen LogP contribution in [0.3, 0.4) is 0 Å². The van der Waals surface area contributed by atoms with Crippen molar-refractivity contribution in [1.82, 2.24) is 24.8 Å². The Balaban J connectivity index is 0.000000210. The summed E-state index contributed by atoms with van der Waals surface area (Å²) in [6, 6.07) is 23.5. The van der Waals surface area contributed by atoms with Crippen LogP contribution in [-0.2, 0) is 31.8 Å². The third kappa shape index (κ3) is 12.4. The molecule has 0 aliphatic heterocycles. The van der Waals surface area contributed by atoms with Crippen LogP contribution < -0.4 is 9.47 Å². The molecule has 6 rings (SSSR count). The molecule has 14 heteroatoms. The van der Waals surface area contributed by atoms with Crippen LogP contribution in [0, 0.1) is 11.8 Å². The van der Waals surface area contributed by atoms with Gasteiger partial charge in [0.15, 0.2) is 0 Å². The Morgan fingerprint density at radius 2 is 1.35 bits per heavy atom. The Kier molecular flexibility index (Phi) is 16.3. The molecule has 54 heavy (non-hydrogen) atoms. The fourth-order valence-corrected chi connectivity index (χ4v) is 8.00. The number of ether oxygens (including phenoxy) is 4. The van der Waals surface area contributed by atoms with E-state index >= 15 is 0 Å². The number of benzene rings is 2. The predicted molar refractivity (Wildman–Crippen MR) is 204 cm³/mol. The molecule has 2 heterocycles. The average molecular weight is 764 g/mol. The first kappa shape index (κ1) is 41.4. The van der Waals surface area contributed by atoms with Crippen LogP contribution >= 0.6 is 8.25 Å². The summed E-state index contributed by atoms with van der Waals surface area (Å²) < 4.78 is 40.0. The maximum absolute atomic E-state index is 11.8. The standard InChI is InChI=1S/C23H33N3O3.C17H21N2O5P/c1-4-26(5-2)18(3)23(27)14-21(29-22-11-12-24-17-25-22)13-20(23)16-28-15-19-9-7-6-8-10-19;20-25(21)24-16-9-15(23-17-6-7-18-12-19-17)8-14(16)11-22-10-13-4-2-1-3-5-13/h6-12,17-18,20-21,27H,4-5,13-16H2,1-3H3;1-7,12,14-16,25H,8-11H2,(H,20,21)/t18?,20-,21-,23-;14-,15-,16+/m11/s1. The van der Waals surface area contributed by atoms with Crippen LogP contribution in [0.1, 0.15) is 57.6 Å². The number of hydrogen-bond acceptors (Lipinski definition) is 12. The van der Waals surface area contributed by atoms with Crippen molar-refractivity contribution < 1.29 is 38.0 Å². The summed E-state index contributed by atoms with van der Waals surface area (Å²) >= 11 is 0. The maximum Gasteiger partial charge on any atom is 0.316 e. The molecule has 0 bridgehead atoms. The van der Waals surface area contributed by atoms with Gasteiger partial charge in [-0.3, -0.25) is 9.46 Å². The van der Waals surface area contributed by atoms with Crippen LogP contribution in [0.4, 0.5) is 0 Å². The molecule has 2 aromatic carbocycles. The summed E-state index contributed by atoms with van der Waals surface area (Å²) in [5, 5.41) is 11.8. The van der Waals surface area contributed by atoms with Gasteiger partial charge in [-0.2, -0.15) is 0 Å². The predicted octanol–water partition coefficient (Wildman–Crippen LogP) is 5.93. The van der Waals surface area contributed by atoms with Gasteiger partial charge in [0.2, 0.25) is 11.8 Å². The van der Waals surface area contributed by atoms with Gasteiger partial charge in [0.1, 0.15) is 24.9 Å². The molecule has 292 valence electrons. The third-order valence-electron chi connectivity index (χ3n) is 10.3. The van der Waals surface area contributed by atoms with Crippen molar-refractivity contribution in [3.63, 3.8) is 0 Å². The number of nitrogens with zero attached hydrogens (tertiary/aromatic N) is 5. The topological polar surface area (TPSA) is 158 Å². The van der Waals surface area contributed by atoms with Gasteiger partial charge in [-0.1, -0.05) is 74.5 Å². The molecule has 4 aromatic rings. The molecule has 2 aliphatic rings. The van der Waals surface area contributed by atoms with E-state index in [1.807, 2.05) is 48.5 Å². The summed E-state index contributed by atoms with van der Waals surface area (Å²) in [7, 11) is -3.01. The van der Waals surface area contributed by atoms with E-state index < -0.39 is 13.9 Å². The van der Waals surface area contributed by atoms with Crippen LogP contribution in [0.15, 0.2) is 97.8 Å². The largest absolute Gasteiger partial charge is 0.474 e. The number of aliphatic hydroxyl groups is 1. The molecule has 0 spiro atoms. The van der Waals surface area contributed by atoms with Gasteiger partial charge in [0.25, 0.3) is 0 Å². The first-order valence-corrected chi connectivity index (χ1v) is 20.0. The van der Waals surface area contributed by atoms with E-state index in [0.29, 0.717) is 57.4 Å². The highest BCUT2D eigenvalue weighted by molar-refractivity contribution is 7.32. The summed E-state index contributed by atoms with van der Waals surface area (Å²) in [6.45, 7) is 10.2. The highest BCUT2D eigenvalue weighted by Crippen LogP contribution is 2.42. The Bertz CT molecular complexity index is 1650. The van der Waals surface area contributed by atoms with Gasteiger partial charge >= 0.3 is 8.25 Å². The van der Waals surface area contributed by atoms with E-state index in [0.717, 1.165) is 30.6 Å². The number of aromatic nitrogens is 4. The molecule has 2 fully saturated rings. The first-order valence-electron chi connectivity index (χ1n) is 18.7. The van der Waals surface area contributed by atoms with Crippen LogP contribution in [-0.4, -0.2) is 91.1 Å². The van der Waals surface area contributed by atoms with E-state index in [1.54, 1.807) is 24.5 Å². The van der Waals surface area contributed by atoms with Crippen molar-refractivity contribution in [3.8, 4) is 11.8 Å². The van der Waals surface area contributed by atoms with Crippen molar-refractivity contribution >= 4 is 8.25 Å². The zero-order valence-corrected chi connectivity index (χ0v) is 32.4. The minimum Gasteiger partial charge on any atom is -0.474 e. The molecule has 2 aromatic heterocycles. The van der Waals surface area contributed by atoms with E-state index in [2.05, 4.69) is 57.7 Å². The lowest BCUT2D eigenvalue weighted by molar-refractivity contribution is -0.0908.